The van der Waals surface area contributed by atoms with E-state index in [1.165, 1.54) is 36.7 Å². The molecule has 0 aliphatic rings. The lowest BCUT2D eigenvalue weighted by molar-refractivity contribution is -0.142. The highest BCUT2D eigenvalue weighted by Gasteiger charge is 2.21. The first-order chi connectivity index (χ1) is 20.0. The van der Waals surface area contributed by atoms with Crippen molar-refractivity contribution in [3.8, 4) is 17.2 Å². The zero-order chi connectivity index (χ0) is 30.6. The highest BCUT2D eigenvalue weighted by Crippen LogP contribution is 2.40. The summed E-state index contributed by atoms with van der Waals surface area (Å²) in [6.07, 6.45) is 2.07. The van der Waals surface area contributed by atoms with Crippen LogP contribution in [0.2, 0.25) is 0 Å². The van der Waals surface area contributed by atoms with Crippen molar-refractivity contribution >= 4 is 60.6 Å². The Labute approximate surface area is 250 Å². The summed E-state index contributed by atoms with van der Waals surface area (Å²) < 4.78 is 34.0. The summed E-state index contributed by atoms with van der Waals surface area (Å²) >= 11 is 2.72. The number of carbonyl (C=O) groups excluding carboxylic acids is 1. The molecular weight excluding hydrogens is 583 g/mol. The van der Waals surface area contributed by atoms with Crippen molar-refractivity contribution in [3.63, 3.8) is 0 Å². The molecule has 8 nitrogen and oxygen atoms in total. The molecule has 4 aromatic rings. The van der Waals surface area contributed by atoms with Crippen LogP contribution < -0.4 is 14.2 Å². The third-order valence-corrected chi connectivity index (χ3v) is 9.42. The maximum atomic E-state index is 15.5. The minimum atomic E-state index is -1.00. The SMILES string of the molecule is COc1cc2sc(C(=O)C[C@H](C)C(=O)O)cc2cc1CCCOc1c(OC)cc2sc(CC[C@H](C)C(=O)O)cc2c1F. The number of fused-ring (bicyclic) bond motifs is 2. The molecule has 2 heterocycles. The third kappa shape index (κ3) is 7.01. The van der Waals surface area contributed by atoms with Crippen LogP contribution in [0.25, 0.3) is 20.2 Å². The number of Topliss-reactive ketones (excluding diaryl/α,β-unsaturated/α-hetero) is 1. The van der Waals surface area contributed by atoms with Gasteiger partial charge in [-0.05, 0) is 60.9 Å². The van der Waals surface area contributed by atoms with Crippen LogP contribution in [-0.4, -0.2) is 48.8 Å². The molecule has 42 heavy (non-hydrogen) atoms. The van der Waals surface area contributed by atoms with E-state index in [2.05, 4.69) is 0 Å². The number of hydrogen-bond acceptors (Lipinski definition) is 8. The zero-order valence-electron chi connectivity index (χ0n) is 23.8. The van der Waals surface area contributed by atoms with E-state index in [0.29, 0.717) is 52.1 Å². The molecule has 2 N–H and O–H groups in total. The number of aryl methyl sites for hydroxylation is 2. The third-order valence-electron chi connectivity index (χ3n) is 7.14. The lowest BCUT2D eigenvalue weighted by Gasteiger charge is -2.13. The Morgan fingerprint density at radius 3 is 2.24 bits per heavy atom. The molecule has 0 aliphatic carbocycles. The molecule has 0 unspecified atom stereocenters. The van der Waals surface area contributed by atoms with Crippen LogP contribution in [0.4, 0.5) is 4.39 Å². The summed E-state index contributed by atoms with van der Waals surface area (Å²) in [5.74, 6) is -2.83. The molecule has 0 fully saturated rings. The Balaban J connectivity index is 1.45. The quantitative estimate of drug-likeness (QED) is 0.106. The molecule has 2 atom stereocenters. The van der Waals surface area contributed by atoms with Crippen molar-refractivity contribution in [2.45, 2.75) is 46.0 Å². The van der Waals surface area contributed by atoms with E-state index in [4.69, 9.17) is 24.4 Å². The van der Waals surface area contributed by atoms with Crippen LogP contribution >= 0.6 is 22.7 Å². The summed E-state index contributed by atoms with van der Waals surface area (Å²) in [7, 11) is 3.03. The second kappa shape index (κ2) is 13.5. The van der Waals surface area contributed by atoms with Gasteiger partial charge in [-0.3, -0.25) is 14.4 Å². The Morgan fingerprint density at radius 2 is 1.57 bits per heavy atom. The van der Waals surface area contributed by atoms with E-state index in [-0.39, 0.29) is 24.6 Å². The fraction of sp³-hybridized carbons (Fsp3) is 0.387. The predicted molar refractivity (Wildman–Crippen MR) is 161 cm³/mol. The van der Waals surface area contributed by atoms with Gasteiger partial charge in [0.25, 0.3) is 0 Å². The topological polar surface area (TPSA) is 119 Å². The molecule has 0 saturated carbocycles. The number of rotatable bonds is 15. The van der Waals surface area contributed by atoms with Crippen molar-refractivity contribution in [1.29, 1.82) is 0 Å². The predicted octanol–water partition coefficient (Wildman–Crippen LogP) is 7.23. The van der Waals surface area contributed by atoms with E-state index in [9.17, 15) is 14.4 Å². The molecule has 0 amide bonds. The fourth-order valence-corrected chi connectivity index (χ4v) is 6.71. The normalized spacial score (nSPS) is 12.8. The minimum Gasteiger partial charge on any atom is -0.496 e. The van der Waals surface area contributed by atoms with E-state index in [1.54, 1.807) is 32.2 Å². The van der Waals surface area contributed by atoms with Crippen LogP contribution in [0.15, 0.2) is 30.3 Å². The van der Waals surface area contributed by atoms with Gasteiger partial charge in [-0.2, -0.15) is 0 Å². The number of aliphatic carboxylic acids is 2. The molecule has 4 rings (SSSR count). The summed E-state index contributed by atoms with van der Waals surface area (Å²) in [5.41, 5.74) is 0.908. The Morgan fingerprint density at radius 1 is 0.881 bits per heavy atom. The Bertz CT molecular complexity index is 1620. The fourth-order valence-electron chi connectivity index (χ4n) is 4.58. The van der Waals surface area contributed by atoms with Crippen molar-refractivity contribution in [2.24, 2.45) is 11.8 Å². The van der Waals surface area contributed by atoms with Crippen LogP contribution in [0.5, 0.6) is 17.2 Å². The van der Waals surface area contributed by atoms with Crippen molar-refractivity contribution < 1.29 is 43.2 Å². The van der Waals surface area contributed by atoms with Crippen LogP contribution in [-0.2, 0) is 22.4 Å². The number of methoxy groups -OCH3 is 2. The molecule has 0 bridgehead atoms. The van der Waals surface area contributed by atoms with Crippen LogP contribution in [0.3, 0.4) is 0 Å². The number of carboxylic acids is 2. The Kier molecular flexibility index (Phi) is 10.1. The standard InChI is InChI=1S/C31H33FO8S2/c1-16(30(34)35)7-8-20-13-21-26(41-20)15-24(39-4)29(28(21)32)40-9-5-6-18-11-19-12-27(22(33)10-17(2)31(36)37)42-25(19)14-23(18)38-3/h11-17H,5-10H2,1-4H3,(H,34,35)(H,36,37)/t16-,17-/m0/s1. The molecule has 0 saturated heterocycles. The van der Waals surface area contributed by atoms with E-state index in [0.717, 1.165) is 20.5 Å². The van der Waals surface area contributed by atoms with Gasteiger partial charge >= 0.3 is 11.9 Å². The van der Waals surface area contributed by atoms with E-state index in [1.807, 2.05) is 12.1 Å². The number of benzene rings is 2. The second-order valence-corrected chi connectivity index (χ2v) is 12.5. The van der Waals surface area contributed by atoms with Gasteiger partial charge in [-0.15, -0.1) is 22.7 Å². The highest BCUT2D eigenvalue weighted by atomic mass is 32.1. The molecule has 0 radical (unpaired) electrons. The number of thiophene rings is 2. The largest absolute Gasteiger partial charge is 0.496 e. The summed E-state index contributed by atoms with van der Waals surface area (Å²) in [5, 5.41) is 19.5. The monoisotopic (exact) mass is 616 g/mol. The maximum absolute atomic E-state index is 15.5. The number of hydrogen-bond donors (Lipinski definition) is 2. The van der Waals surface area contributed by atoms with Crippen molar-refractivity contribution in [2.75, 3.05) is 20.8 Å². The highest BCUT2D eigenvalue weighted by molar-refractivity contribution is 7.21. The van der Waals surface area contributed by atoms with Gasteiger partial charge in [0.05, 0.1) is 37.5 Å². The van der Waals surface area contributed by atoms with Crippen molar-refractivity contribution in [1.82, 2.24) is 0 Å². The molecule has 0 spiro atoms. The van der Waals surface area contributed by atoms with E-state index >= 15 is 4.39 Å². The Hall–Kier alpha value is -3.70. The van der Waals surface area contributed by atoms with Gasteiger partial charge in [-0.25, -0.2) is 4.39 Å². The first-order valence-corrected chi connectivity index (χ1v) is 15.2. The molecule has 0 aliphatic heterocycles. The first-order valence-electron chi connectivity index (χ1n) is 13.5. The average Bonchev–Trinajstić information content (AvgIpc) is 3.57. The second-order valence-electron chi connectivity index (χ2n) is 10.3. The maximum Gasteiger partial charge on any atom is 0.306 e. The first kappa shape index (κ1) is 31.2. The van der Waals surface area contributed by atoms with Gasteiger partial charge in [0, 0.05) is 32.2 Å². The smallest absolute Gasteiger partial charge is 0.306 e. The number of carbonyl (C=O) groups is 3. The van der Waals surface area contributed by atoms with E-state index < -0.39 is 29.6 Å². The number of halogens is 1. The minimum absolute atomic E-state index is 0.0345. The zero-order valence-corrected chi connectivity index (χ0v) is 25.5. The van der Waals surface area contributed by atoms with Crippen molar-refractivity contribution in [3.05, 3.63) is 51.5 Å². The molecule has 11 heteroatoms. The number of ketones is 1. The van der Waals surface area contributed by atoms with Crippen LogP contribution in [0, 0.1) is 17.7 Å². The van der Waals surface area contributed by atoms with Gasteiger partial charge in [0.2, 0.25) is 0 Å². The lowest BCUT2D eigenvalue weighted by Crippen LogP contribution is -2.13. The molecule has 2 aromatic carbocycles. The molecule has 224 valence electrons. The number of ether oxygens (including phenoxy) is 3. The van der Waals surface area contributed by atoms with Gasteiger partial charge in [-0.1, -0.05) is 13.8 Å². The summed E-state index contributed by atoms with van der Waals surface area (Å²) in [4.78, 5) is 36.3. The summed E-state index contributed by atoms with van der Waals surface area (Å²) in [6.45, 7) is 3.38. The average molecular weight is 617 g/mol. The summed E-state index contributed by atoms with van der Waals surface area (Å²) in [6, 6.07) is 9.09. The van der Waals surface area contributed by atoms with Gasteiger partial charge in [0.15, 0.2) is 23.1 Å². The van der Waals surface area contributed by atoms with Gasteiger partial charge < -0.3 is 24.4 Å². The lowest BCUT2D eigenvalue weighted by atomic mass is 10.0. The molecule has 2 aromatic heterocycles. The number of carboxylic acid groups (broad SMARTS) is 2. The molecular formula is C31H33FO8S2. The van der Waals surface area contributed by atoms with Crippen LogP contribution in [0.1, 0.15) is 53.2 Å². The van der Waals surface area contributed by atoms with Gasteiger partial charge in [0.1, 0.15) is 5.75 Å².